The summed E-state index contributed by atoms with van der Waals surface area (Å²) in [4.78, 5) is 12.4. The number of rotatable bonds is 0. The van der Waals surface area contributed by atoms with Crippen LogP contribution >= 0.6 is 0 Å². The average Bonchev–Trinajstić information content (AvgIpc) is 2.24. The molecule has 3 nitrogen and oxygen atoms in total. The second kappa shape index (κ2) is 2.51. The highest BCUT2D eigenvalue weighted by Crippen LogP contribution is 2.37. The highest BCUT2D eigenvalue weighted by atomic mass is 16.4. The van der Waals surface area contributed by atoms with E-state index in [1.165, 1.54) is 5.57 Å². The van der Waals surface area contributed by atoms with Gasteiger partial charge in [0.05, 0.1) is 0 Å². The van der Waals surface area contributed by atoms with Crippen molar-refractivity contribution in [1.82, 2.24) is 4.90 Å². The van der Waals surface area contributed by atoms with Crippen LogP contribution in [-0.4, -0.2) is 28.2 Å². The molecule has 1 N–H and O–H groups in total. The quantitative estimate of drug-likeness (QED) is 0.559. The van der Waals surface area contributed by atoms with E-state index in [2.05, 4.69) is 6.58 Å². The zero-order chi connectivity index (χ0) is 8.72. The highest BCUT2D eigenvalue weighted by Gasteiger charge is 2.40. The number of hydrogen-bond acceptors (Lipinski definition) is 1. The molecule has 0 radical (unpaired) electrons. The fourth-order valence-corrected chi connectivity index (χ4v) is 2.42. The zero-order valence-electron chi connectivity index (χ0n) is 6.99. The van der Waals surface area contributed by atoms with Gasteiger partial charge in [-0.3, -0.25) is 0 Å². The molecule has 2 aliphatic rings. The van der Waals surface area contributed by atoms with Crippen LogP contribution in [0.15, 0.2) is 12.2 Å². The van der Waals surface area contributed by atoms with Crippen LogP contribution in [0, 0.1) is 0 Å². The van der Waals surface area contributed by atoms with Crippen molar-refractivity contribution in [2.75, 3.05) is 0 Å². The molecule has 0 spiro atoms. The second-order valence-corrected chi connectivity index (χ2v) is 3.73. The summed E-state index contributed by atoms with van der Waals surface area (Å²) in [5.41, 5.74) is 1.22. The van der Waals surface area contributed by atoms with Gasteiger partial charge in [0.15, 0.2) is 0 Å². The van der Waals surface area contributed by atoms with Crippen molar-refractivity contribution in [2.24, 2.45) is 0 Å². The SMILES string of the molecule is C=C1CC2CCC(C1)N2C(=O)O. The third-order valence-corrected chi connectivity index (χ3v) is 2.89. The summed E-state index contributed by atoms with van der Waals surface area (Å²) in [5.74, 6) is 0. The van der Waals surface area contributed by atoms with Gasteiger partial charge in [-0.1, -0.05) is 12.2 Å². The van der Waals surface area contributed by atoms with Crippen LogP contribution in [0.5, 0.6) is 0 Å². The fraction of sp³-hybridized carbons (Fsp3) is 0.667. The topological polar surface area (TPSA) is 40.5 Å². The molecule has 2 heterocycles. The second-order valence-electron chi connectivity index (χ2n) is 3.73. The molecular formula is C9H13NO2. The Bertz CT molecular complexity index is 221. The molecule has 0 aliphatic carbocycles. The first-order valence-electron chi connectivity index (χ1n) is 4.36. The number of piperidine rings is 1. The Morgan fingerprint density at radius 1 is 1.42 bits per heavy atom. The minimum Gasteiger partial charge on any atom is -0.465 e. The van der Waals surface area contributed by atoms with E-state index in [1.807, 2.05) is 0 Å². The summed E-state index contributed by atoms with van der Waals surface area (Å²) in [6.45, 7) is 3.93. The van der Waals surface area contributed by atoms with Crippen LogP contribution in [-0.2, 0) is 0 Å². The third kappa shape index (κ3) is 1.00. The maximum absolute atomic E-state index is 10.8. The molecule has 12 heavy (non-hydrogen) atoms. The van der Waals surface area contributed by atoms with Crippen LogP contribution in [0.2, 0.25) is 0 Å². The third-order valence-electron chi connectivity index (χ3n) is 2.89. The lowest BCUT2D eigenvalue weighted by Crippen LogP contribution is -2.43. The average molecular weight is 167 g/mol. The number of nitrogens with zero attached hydrogens (tertiary/aromatic N) is 1. The molecule has 0 aromatic rings. The smallest absolute Gasteiger partial charge is 0.407 e. The molecule has 1 amide bonds. The van der Waals surface area contributed by atoms with Gasteiger partial charge >= 0.3 is 6.09 Å². The number of carbonyl (C=O) groups is 1. The first kappa shape index (κ1) is 7.65. The van der Waals surface area contributed by atoms with Crippen LogP contribution in [0.3, 0.4) is 0 Å². The van der Waals surface area contributed by atoms with Gasteiger partial charge in [-0.15, -0.1) is 0 Å². The maximum Gasteiger partial charge on any atom is 0.407 e. The van der Waals surface area contributed by atoms with Gasteiger partial charge in [0, 0.05) is 12.1 Å². The Kier molecular flexibility index (Phi) is 1.60. The molecule has 66 valence electrons. The fourth-order valence-electron chi connectivity index (χ4n) is 2.42. The standard InChI is InChI=1S/C9H13NO2/c1-6-4-7-2-3-8(5-6)10(7)9(11)12/h7-8H,1-5H2,(H,11,12). The number of amides is 1. The van der Waals surface area contributed by atoms with E-state index in [-0.39, 0.29) is 12.1 Å². The molecular weight excluding hydrogens is 154 g/mol. The predicted octanol–water partition coefficient (Wildman–Crippen LogP) is 1.85. The van der Waals surface area contributed by atoms with Gasteiger partial charge in [-0.05, 0) is 25.7 Å². The summed E-state index contributed by atoms with van der Waals surface area (Å²) < 4.78 is 0. The van der Waals surface area contributed by atoms with E-state index < -0.39 is 6.09 Å². The first-order valence-corrected chi connectivity index (χ1v) is 4.36. The summed E-state index contributed by atoms with van der Waals surface area (Å²) >= 11 is 0. The first-order chi connectivity index (χ1) is 5.68. The molecule has 2 rings (SSSR count). The molecule has 2 fully saturated rings. The number of carboxylic acid groups (broad SMARTS) is 1. The molecule has 2 aliphatic heterocycles. The molecule has 2 atom stereocenters. The van der Waals surface area contributed by atoms with Crippen LogP contribution in [0.1, 0.15) is 25.7 Å². The minimum absolute atomic E-state index is 0.230. The van der Waals surface area contributed by atoms with E-state index in [4.69, 9.17) is 5.11 Å². The van der Waals surface area contributed by atoms with Crippen molar-refractivity contribution >= 4 is 6.09 Å². The Morgan fingerprint density at radius 3 is 2.33 bits per heavy atom. The van der Waals surface area contributed by atoms with E-state index in [9.17, 15) is 4.79 Å². The van der Waals surface area contributed by atoms with Gasteiger partial charge in [0.1, 0.15) is 0 Å². The number of fused-ring (bicyclic) bond motifs is 2. The molecule has 2 unspecified atom stereocenters. The van der Waals surface area contributed by atoms with Crippen molar-refractivity contribution in [1.29, 1.82) is 0 Å². The molecule has 2 saturated heterocycles. The summed E-state index contributed by atoms with van der Waals surface area (Å²) in [6, 6.07) is 0.461. The van der Waals surface area contributed by atoms with Crippen LogP contribution in [0.25, 0.3) is 0 Å². The van der Waals surface area contributed by atoms with Crippen molar-refractivity contribution < 1.29 is 9.90 Å². The van der Waals surface area contributed by atoms with Crippen molar-refractivity contribution in [3.63, 3.8) is 0 Å². The lowest BCUT2D eigenvalue weighted by Gasteiger charge is -2.33. The van der Waals surface area contributed by atoms with E-state index in [0.29, 0.717) is 0 Å². The van der Waals surface area contributed by atoms with Gasteiger partial charge in [-0.2, -0.15) is 0 Å². The van der Waals surface area contributed by atoms with Gasteiger partial charge < -0.3 is 10.0 Å². The van der Waals surface area contributed by atoms with Crippen molar-refractivity contribution in [3.8, 4) is 0 Å². The Hall–Kier alpha value is -0.990. The monoisotopic (exact) mass is 167 g/mol. The summed E-state index contributed by atoms with van der Waals surface area (Å²) in [6.07, 6.45) is 3.05. The van der Waals surface area contributed by atoms with Gasteiger partial charge in [-0.25, -0.2) is 4.79 Å². The largest absolute Gasteiger partial charge is 0.465 e. The molecule has 2 bridgehead atoms. The summed E-state index contributed by atoms with van der Waals surface area (Å²) in [5, 5.41) is 8.90. The van der Waals surface area contributed by atoms with Gasteiger partial charge in [0.2, 0.25) is 0 Å². The Balaban J connectivity index is 2.19. The lowest BCUT2D eigenvalue weighted by atomic mass is 9.99. The Labute approximate surface area is 71.7 Å². The van der Waals surface area contributed by atoms with Gasteiger partial charge in [0.25, 0.3) is 0 Å². The van der Waals surface area contributed by atoms with Crippen molar-refractivity contribution in [3.05, 3.63) is 12.2 Å². The molecule has 0 aromatic heterocycles. The van der Waals surface area contributed by atoms with Crippen LogP contribution in [0.4, 0.5) is 4.79 Å². The lowest BCUT2D eigenvalue weighted by molar-refractivity contribution is 0.113. The van der Waals surface area contributed by atoms with E-state index in [1.54, 1.807) is 4.90 Å². The molecule has 0 aromatic carbocycles. The number of hydrogen-bond donors (Lipinski definition) is 1. The Morgan fingerprint density at radius 2 is 1.92 bits per heavy atom. The minimum atomic E-state index is -0.755. The maximum atomic E-state index is 10.8. The predicted molar refractivity (Wildman–Crippen MR) is 45.0 cm³/mol. The molecule has 0 saturated carbocycles. The zero-order valence-corrected chi connectivity index (χ0v) is 6.99. The van der Waals surface area contributed by atoms with Crippen LogP contribution < -0.4 is 0 Å². The van der Waals surface area contributed by atoms with E-state index >= 15 is 0 Å². The highest BCUT2D eigenvalue weighted by molar-refractivity contribution is 5.67. The van der Waals surface area contributed by atoms with Crippen molar-refractivity contribution in [2.45, 2.75) is 37.8 Å². The van der Waals surface area contributed by atoms with E-state index in [0.717, 1.165) is 25.7 Å². The molecule has 3 heteroatoms. The normalized spacial score (nSPS) is 34.0. The summed E-state index contributed by atoms with van der Waals surface area (Å²) in [7, 11) is 0.